The summed E-state index contributed by atoms with van der Waals surface area (Å²) in [6, 6.07) is 14.8. The maximum atomic E-state index is 12.4. The Bertz CT molecular complexity index is 807. The van der Waals surface area contributed by atoms with Crippen LogP contribution in [0.5, 0.6) is 5.75 Å². The molecule has 0 atom stereocenters. The van der Waals surface area contributed by atoms with Crippen molar-refractivity contribution < 1.29 is 9.53 Å². The third-order valence-electron chi connectivity index (χ3n) is 3.44. The van der Waals surface area contributed by atoms with E-state index in [1.807, 2.05) is 47.2 Å². The lowest BCUT2D eigenvalue weighted by atomic mass is 10.1. The van der Waals surface area contributed by atoms with Crippen LogP contribution in [0.4, 0.5) is 0 Å². The molecule has 0 unspecified atom stereocenters. The van der Waals surface area contributed by atoms with Gasteiger partial charge in [0.15, 0.2) is 5.78 Å². The molecule has 0 saturated heterocycles. The number of hydrogen-bond donors (Lipinski definition) is 0. The second-order valence-electron chi connectivity index (χ2n) is 4.78. The summed E-state index contributed by atoms with van der Waals surface area (Å²) >= 11 is 6.23. The molecule has 0 saturated carbocycles. The molecule has 4 heteroatoms. The summed E-state index contributed by atoms with van der Waals surface area (Å²) < 4.78 is 7.02. The van der Waals surface area contributed by atoms with Crippen molar-refractivity contribution in [3.05, 3.63) is 65.3 Å². The van der Waals surface area contributed by atoms with Crippen LogP contribution < -0.4 is 4.74 Å². The number of aromatic nitrogens is 1. The quantitative estimate of drug-likeness (QED) is 0.677. The SMILES string of the molecule is COc1cccc(C(=O)Cn2ccc3cccc(Cl)c32)c1. The molecule has 0 spiro atoms. The van der Waals surface area contributed by atoms with E-state index in [9.17, 15) is 4.79 Å². The van der Waals surface area contributed by atoms with Crippen LogP contribution in [0, 0.1) is 0 Å². The normalized spacial score (nSPS) is 10.8. The molecule has 0 fully saturated rings. The summed E-state index contributed by atoms with van der Waals surface area (Å²) in [6.07, 6.45) is 1.88. The lowest BCUT2D eigenvalue weighted by Crippen LogP contribution is -2.09. The molecule has 1 heterocycles. The summed E-state index contributed by atoms with van der Waals surface area (Å²) in [5.74, 6) is 0.697. The number of para-hydroxylation sites is 1. The van der Waals surface area contributed by atoms with Crippen molar-refractivity contribution in [1.82, 2.24) is 4.57 Å². The Labute approximate surface area is 127 Å². The minimum absolute atomic E-state index is 0.0197. The second kappa shape index (κ2) is 5.62. The van der Waals surface area contributed by atoms with Crippen LogP contribution in [-0.4, -0.2) is 17.5 Å². The van der Waals surface area contributed by atoms with Crippen molar-refractivity contribution in [1.29, 1.82) is 0 Å². The molecule has 0 aliphatic rings. The maximum absolute atomic E-state index is 12.4. The van der Waals surface area contributed by atoms with Crippen molar-refractivity contribution >= 4 is 28.3 Å². The molecule has 3 rings (SSSR count). The van der Waals surface area contributed by atoms with Gasteiger partial charge in [-0.05, 0) is 24.3 Å². The third-order valence-corrected chi connectivity index (χ3v) is 3.75. The molecule has 3 aromatic rings. The van der Waals surface area contributed by atoms with Gasteiger partial charge in [0, 0.05) is 17.1 Å². The van der Waals surface area contributed by atoms with Gasteiger partial charge >= 0.3 is 0 Å². The van der Waals surface area contributed by atoms with Gasteiger partial charge in [0.05, 0.1) is 24.2 Å². The number of ketones is 1. The van der Waals surface area contributed by atoms with Gasteiger partial charge in [-0.25, -0.2) is 0 Å². The Hall–Kier alpha value is -2.26. The Morgan fingerprint density at radius 3 is 2.81 bits per heavy atom. The largest absolute Gasteiger partial charge is 0.497 e. The number of carbonyl (C=O) groups is 1. The number of methoxy groups -OCH3 is 1. The number of fused-ring (bicyclic) bond motifs is 1. The summed E-state index contributed by atoms with van der Waals surface area (Å²) in [5, 5.41) is 1.68. The zero-order valence-corrected chi connectivity index (χ0v) is 12.3. The highest BCUT2D eigenvalue weighted by Crippen LogP contribution is 2.25. The minimum Gasteiger partial charge on any atom is -0.497 e. The van der Waals surface area contributed by atoms with E-state index in [1.165, 1.54) is 0 Å². The zero-order chi connectivity index (χ0) is 14.8. The lowest BCUT2D eigenvalue weighted by Gasteiger charge is -2.07. The van der Waals surface area contributed by atoms with E-state index in [0.29, 0.717) is 16.3 Å². The van der Waals surface area contributed by atoms with E-state index in [-0.39, 0.29) is 12.3 Å². The van der Waals surface area contributed by atoms with Crippen molar-refractivity contribution in [3.63, 3.8) is 0 Å². The van der Waals surface area contributed by atoms with E-state index in [2.05, 4.69) is 0 Å². The van der Waals surface area contributed by atoms with E-state index in [0.717, 1.165) is 10.9 Å². The van der Waals surface area contributed by atoms with Gasteiger partial charge in [-0.3, -0.25) is 4.79 Å². The molecule has 3 nitrogen and oxygen atoms in total. The van der Waals surface area contributed by atoms with E-state index >= 15 is 0 Å². The van der Waals surface area contributed by atoms with Crippen LogP contribution >= 0.6 is 11.6 Å². The number of carbonyl (C=O) groups excluding carboxylic acids is 1. The standard InChI is InChI=1S/C17H14ClNO2/c1-21-14-6-2-5-13(10-14)16(20)11-19-9-8-12-4-3-7-15(18)17(12)19/h2-10H,11H2,1H3. The van der Waals surface area contributed by atoms with Gasteiger partial charge < -0.3 is 9.30 Å². The third kappa shape index (κ3) is 2.65. The van der Waals surface area contributed by atoms with Gasteiger partial charge in [0.1, 0.15) is 5.75 Å². The number of nitrogens with zero attached hydrogens (tertiary/aromatic N) is 1. The number of Topliss-reactive ketones (excluding diaryl/α,β-unsaturated/α-hetero) is 1. The van der Waals surface area contributed by atoms with Gasteiger partial charge in [-0.2, -0.15) is 0 Å². The number of ether oxygens (including phenoxy) is 1. The van der Waals surface area contributed by atoms with E-state index in [1.54, 1.807) is 19.2 Å². The first-order chi connectivity index (χ1) is 10.2. The minimum atomic E-state index is 0.0197. The van der Waals surface area contributed by atoms with Gasteiger partial charge in [0.2, 0.25) is 0 Å². The monoisotopic (exact) mass is 299 g/mol. The first-order valence-corrected chi connectivity index (χ1v) is 6.97. The van der Waals surface area contributed by atoms with Gasteiger partial charge in [0.25, 0.3) is 0 Å². The lowest BCUT2D eigenvalue weighted by molar-refractivity contribution is 0.0973. The molecular formula is C17H14ClNO2. The van der Waals surface area contributed by atoms with Gasteiger partial charge in [-0.15, -0.1) is 0 Å². The smallest absolute Gasteiger partial charge is 0.182 e. The molecule has 0 N–H and O–H groups in total. The predicted molar refractivity (Wildman–Crippen MR) is 84.3 cm³/mol. The summed E-state index contributed by atoms with van der Waals surface area (Å²) in [7, 11) is 1.59. The Morgan fingerprint density at radius 1 is 1.19 bits per heavy atom. The van der Waals surface area contributed by atoms with Crippen molar-refractivity contribution in [2.24, 2.45) is 0 Å². The number of benzene rings is 2. The van der Waals surface area contributed by atoms with E-state index < -0.39 is 0 Å². The Morgan fingerprint density at radius 2 is 2.00 bits per heavy atom. The molecule has 0 bridgehead atoms. The molecule has 0 radical (unpaired) electrons. The average molecular weight is 300 g/mol. The fraction of sp³-hybridized carbons (Fsp3) is 0.118. The zero-order valence-electron chi connectivity index (χ0n) is 11.5. The van der Waals surface area contributed by atoms with Crippen LogP contribution in [0.1, 0.15) is 10.4 Å². The summed E-state index contributed by atoms with van der Waals surface area (Å²) in [6.45, 7) is 0.250. The first kappa shape index (κ1) is 13.7. The summed E-state index contributed by atoms with van der Waals surface area (Å²) in [5.41, 5.74) is 1.51. The predicted octanol–water partition coefficient (Wildman–Crippen LogP) is 4.19. The first-order valence-electron chi connectivity index (χ1n) is 6.59. The van der Waals surface area contributed by atoms with Crippen LogP contribution in [0.15, 0.2) is 54.7 Å². The molecule has 0 amide bonds. The van der Waals surface area contributed by atoms with Crippen molar-refractivity contribution in [3.8, 4) is 5.75 Å². The molecule has 106 valence electrons. The summed E-state index contributed by atoms with van der Waals surface area (Å²) in [4.78, 5) is 12.4. The van der Waals surface area contributed by atoms with Crippen LogP contribution in [0.2, 0.25) is 5.02 Å². The van der Waals surface area contributed by atoms with Crippen LogP contribution in [-0.2, 0) is 6.54 Å². The number of hydrogen-bond acceptors (Lipinski definition) is 2. The highest BCUT2D eigenvalue weighted by molar-refractivity contribution is 6.35. The highest BCUT2D eigenvalue weighted by Gasteiger charge is 2.11. The molecule has 1 aromatic heterocycles. The molecule has 2 aromatic carbocycles. The highest BCUT2D eigenvalue weighted by atomic mass is 35.5. The Balaban J connectivity index is 1.93. The van der Waals surface area contributed by atoms with Crippen LogP contribution in [0.3, 0.4) is 0 Å². The maximum Gasteiger partial charge on any atom is 0.182 e. The second-order valence-corrected chi connectivity index (χ2v) is 5.18. The fourth-order valence-electron chi connectivity index (χ4n) is 2.39. The number of halogens is 1. The molecule has 21 heavy (non-hydrogen) atoms. The molecular weight excluding hydrogens is 286 g/mol. The fourth-order valence-corrected chi connectivity index (χ4v) is 2.68. The van der Waals surface area contributed by atoms with Crippen LogP contribution in [0.25, 0.3) is 10.9 Å². The van der Waals surface area contributed by atoms with Crippen molar-refractivity contribution in [2.45, 2.75) is 6.54 Å². The van der Waals surface area contributed by atoms with E-state index in [4.69, 9.17) is 16.3 Å². The molecule has 0 aliphatic heterocycles. The number of rotatable bonds is 4. The van der Waals surface area contributed by atoms with Crippen molar-refractivity contribution in [2.75, 3.05) is 7.11 Å². The topological polar surface area (TPSA) is 31.2 Å². The average Bonchev–Trinajstić information content (AvgIpc) is 2.92. The van der Waals surface area contributed by atoms with Gasteiger partial charge in [-0.1, -0.05) is 35.9 Å². The Kier molecular flexibility index (Phi) is 3.67. The molecule has 0 aliphatic carbocycles.